The highest BCUT2D eigenvalue weighted by Crippen LogP contribution is 2.34. The molecule has 2 unspecified atom stereocenters. The van der Waals surface area contributed by atoms with Crippen LogP contribution in [-0.2, 0) is 14.3 Å². The lowest BCUT2D eigenvalue weighted by atomic mass is 9.98. The fraction of sp³-hybridized carbons (Fsp3) is 0.467. The number of carbonyl (C=O) groups is 2. The van der Waals surface area contributed by atoms with Gasteiger partial charge in [-0.25, -0.2) is 0 Å². The van der Waals surface area contributed by atoms with Gasteiger partial charge in [-0.2, -0.15) is 0 Å². The molecule has 1 aromatic rings. The Labute approximate surface area is 138 Å². The Morgan fingerprint density at radius 2 is 2.08 bits per heavy atom. The second-order valence-electron chi connectivity index (χ2n) is 5.01. The van der Waals surface area contributed by atoms with Crippen molar-refractivity contribution in [2.75, 3.05) is 14.2 Å². The number of ether oxygens (including phenoxy) is 3. The van der Waals surface area contributed by atoms with Crippen molar-refractivity contribution in [3.8, 4) is 11.5 Å². The monoisotopic (exact) mass is 340 g/mol. The number of carbonyl (C=O) groups excluding carboxylic acids is 2. The largest absolute Gasteiger partial charge is 0.497 e. The van der Waals surface area contributed by atoms with Crippen molar-refractivity contribution in [1.82, 2.24) is 0 Å². The molecule has 132 valence electrons. The number of rotatable bonds is 11. The highest BCUT2D eigenvalue weighted by molar-refractivity contribution is 5.73. The van der Waals surface area contributed by atoms with E-state index in [0.717, 1.165) is 0 Å². The number of nitro groups is 1. The Morgan fingerprint density at radius 3 is 2.58 bits per heavy atom. The van der Waals surface area contributed by atoms with E-state index in [2.05, 4.69) is 0 Å². The zero-order chi connectivity index (χ0) is 18.1. The third kappa shape index (κ3) is 5.41. The van der Waals surface area contributed by atoms with E-state index in [1.165, 1.54) is 14.2 Å². The van der Waals surface area contributed by atoms with E-state index in [4.69, 9.17) is 19.9 Å². The van der Waals surface area contributed by atoms with Gasteiger partial charge in [-0.1, -0.05) is 0 Å². The number of amides is 1. The standard InChI is InChI=1S/C15H20N2O7/c1-22-11-4-5-12(13(8-11)23-2)14(24-9-18)7-10(17(20)21)3-6-15(16)19/h4-5,8-10,14H,3,6-7H2,1-2H3,(H2,16,19). The minimum atomic E-state index is -1.09. The quantitative estimate of drug-likeness (QED) is 0.364. The average Bonchev–Trinajstić information content (AvgIpc) is 2.56. The molecule has 0 aliphatic carbocycles. The van der Waals surface area contributed by atoms with Crippen LogP contribution in [-0.4, -0.2) is 37.6 Å². The van der Waals surface area contributed by atoms with Crippen LogP contribution in [0.3, 0.4) is 0 Å². The van der Waals surface area contributed by atoms with Crippen LogP contribution in [0.15, 0.2) is 18.2 Å². The van der Waals surface area contributed by atoms with Crippen molar-refractivity contribution in [2.45, 2.75) is 31.4 Å². The number of hydrogen-bond donors (Lipinski definition) is 1. The van der Waals surface area contributed by atoms with Crippen LogP contribution in [0.4, 0.5) is 0 Å². The molecule has 0 saturated carbocycles. The van der Waals surface area contributed by atoms with Gasteiger partial charge < -0.3 is 19.9 Å². The topological polar surface area (TPSA) is 131 Å². The zero-order valence-electron chi connectivity index (χ0n) is 13.5. The van der Waals surface area contributed by atoms with Gasteiger partial charge in [-0.05, 0) is 12.1 Å². The number of benzene rings is 1. The lowest BCUT2D eigenvalue weighted by molar-refractivity contribution is -0.526. The summed E-state index contributed by atoms with van der Waals surface area (Å²) in [5.41, 5.74) is 5.51. The summed E-state index contributed by atoms with van der Waals surface area (Å²) >= 11 is 0. The normalized spacial score (nSPS) is 12.8. The van der Waals surface area contributed by atoms with Crippen molar-refractivity contribution in [3.63, 3.8) is 0 Å². The van der Waals surface area contributed by atoms with Crippen LogP contribution in [0, 0.1) is 10.1 Å². The van der Waals surface area contributed by atoms with Crippen LogP contribution < -0.4 is 15.2 Å². The third-order valence-electron chi connectivity index (χ3n) is 3.52. The van der Waals surface area contributed by atoms with Crippen molar-refractivity contribution < 1.29 is 28.7 Å². The van der Waals surface area contributed by atoms with E-state index in [9.17, 15) is 19.7 Å². The molecule has 9 heteroatoms. The van der Waals surface area contributed by atoms with Gasteiger partial charge in [0.1, 0.15) is 17.6 Å². The summed E-state index contributed by atoms with van der Waals surface area (Å²) in [6.07, 6.45) is -1.17. The lowest BCUT2D eigenvalue weighted by Crippen LogP contribution is -2.26. The molecule has 0 bridgehead atoms. The SMILES string of the molecule is COc1ccc(C(CC(CCC(N)=O)[N+](=O)[O-])OC=O)c(OC)c1. The maximum Gasteiger partial charge on any atom is 0.293 e. The predicted molar refractivity (Wildman–Crippen MR) is 83.3 cm³/mol. The van der Waals surface area contributed by atoms with Gasteiger partial charge in [-0.15, -0.1) is 0 Å². The van der Waals surface area contributed by atoms with Crippen molar-refractivity contribution in [3.05, 3.63) is 33.9 Å². The van der Waals surface area contributed by atoms with E-state index in [-0.39, 0.29) is 25.7 Å². The first-order chi connectivity index (χ1) is 11.4. The number of hydrogen-bond acceptors (Lipinski definition) is 7. The molecule has 24 heavy (non-hydrogen) atoms. The van der Waals surface area contributed by atoms with Gasteiger partial charge in [0.05, 0.1) is 20.6 Å². The molecule has 2 atom stereocenters. The molecule has 0 spiro atoms. The third-order valence-corrected chi connectivity index (χ3v) is 3.52. The molecule has 2 N–H and O–H groups in total. The molecule has 0 aliphatic rings. The van der Waals surface area contributed by atoms with E-state index in [1.54, 1.807) is 18.2 Å². The first-order valence-electron chi connectivity index (χ1n) is 7.15. The van der Waals surface area contributed by atoms with Crippen LogP contribution in [0.1, 0.15) is 30.9 Å². The molecule has 1 rings (SSSR count). The summed E-state index contributed by atoms with van der Waals surface area (Å²) in [7, 11) is 2.91. The molecule has 0 aromatic heterocycles. The van der Waals surface area contributed by atoms with Crippen LogP contribution in [0.5, 0.6) is 11.5 Å². The minimum absolute atomic E-state index is 0.0421. The molecule has 1 aromatic carbocycles. The van der Waals surface area contributed by atoms with Crippen LogP contribution in [0.25, 0.3) is 0 Å². The second kappa shape index (κ2) is 9.33. The number of methoxy groups -OCH3 is 2. The molecule has 0 radical (unpaired) electrons. The molecule has 9 nitrogen and oxygen atoms in total. The van der Waals surface area contributed by atoms with Gasteiger partial charge in [0.2, 0.25) is 11.9 Å². The highest BCUT2D eigenvalue weighted by Gasteiger charge is 2.29. The van der Waals surface area contributed by atoms with Gasteiger partial charge in [0.25, 0.3) is 6.47 Å². The van der Waals surface area contributed by atoms with Crippen molar-refractivity contribution in [1.29, 1.82) is 0 Å². The first kappa shape index (κ1) is 19.2. The Kier molecular flexibility index (Phi) is 7.47. The smallest absolute Gasteiger partial charge is 0.293 e. The summed E-state index contributed by atoms with van der Waals surface area (Å²) in [5.74, 6) is 0.273. The molecular formula is C15H20N2O7. The molecule has 0 saturated heterocycles. The van der Waals surface area contributed by atoms with Gasteiger partial charge in [-0.3, -0.25) is 19.7 Å². The number of nitrogens with two attached hydrogens (primary N) is 1. The van der Waals surface area contributed by atoms with Gasteiger partial charge in [0.15, 0.2) is 0 Å². The Bertz CT molecular complexity index is 591. The van der Waals surface area contributed by atoms with E-state index in [1.807, 2.05) is 0 Å². The predicted octanol–water partition coefficient (Wildman–Crippen LogP) is 1.22. The summed E-state index contributed by atoms with van der Waals surface area (Å²) in [4.78, 5) is 32.3. The van der Waals surface area contributed by atoms with E-state index in [0.29, 0.717) is 17.1 Å². The Morgan fingerprint density at radius 1 is 1.38 bits per heavy atom. The van der Waals surface area contributed by atoms with Crippen molar-refractivity contribution >= 4 is 12.4 Å². The van der Waals surface area contributed by atoms with Gasteiger partial charge >= 0.3 is 0 Å². The van der Waals surface area contributed by atoms with Crippen LogP contribution in [0.2, 0.25) is 0 Å². The van der Waals surface area contributed by atoms with E-state index < -0.39 is 23.0 Å². The molecule has 0 aliphatic heterocycles. The summed E-state index contributed by atoms with van der Waals surface area (Å²) in [5, 5.41) is 11.2. The number of primary amides is 1. The molecular weight excluding hydrogens is 320 g/mol. The fourth-order valence-corrected chi connectivity index (χ4v) is 2.27. The second-order valence-corrected chi connectivity index (χ2v) is 5.01. The lowest BCUT2D eigenvalue weighted by Gasteiger charge is -2.20. The zero-order valence-corrected chi connectivity index (χ0v) is 13.5. The maximum absolute atomic E-state index is 11.2. The maximum atomic E-state index is 11.2. The highest BCUT2D eigenvalue weighted by atomic mass is 16.6. The summed E-state index contributed by atoms with van der Waals surface area (Å²) in [6.45, 7) is 0.222. The molecule has 0 fully saturated rings. The average molecular weight is 340 g/mol. The van der Waals surface area contributed by atoms with E-state index >= 15 is 0 Å². The summed E-state index contributed by atoms with van der Waals surface area (Å²) < 4.78 is 15.3. The molecule has 1 amide bonds. The Balaban J connectivity index is 3.05. The Hall–Kier alpha value is -2.84. The molecule has 0 heterocycles. The van der Waals surface area contributed by atoms with Gasteiger partial charge in [0, 0.05) is 29.4 Å². The fourth-order valence-electron chi connectivity index (χ4n) is 2.27. The number of nitrogens with zero attached hydrogens (tertiary/aromatic N) is 1. The van der Waals surface area contributed by atoms with Crippen molar-refractivity contribution in [2.24, 2.45) is 5.73 Å². The minimum Gasteiger partial charge on any atom is -0.497 e. The van der Waals surface area contributed by atoms with Crippen LogP contribution >= 0.6 is 0 Å². The summed E-state index contributed by atoms with van der Waals surface area (Å²) in [6, 6.07) is 3.73. The first-order valence-corrected chi connectivity index (χ1v) is 7.15.